The number of fused-ring (bicyclic) bond motifs is 1. The molecule has 0 atom stereocenters. The third kappa shape index (κ3) is 3.44. The summed E-state index contributed by atoms with van der Waals surface area (Å²) in [5.41, 5.74) is 1.30. The van der Waals surface area contributed by atoms with Crippen molar-refractivity contribution in [2.45, 2.75) is 19.3 Å². The fraction of sp³-hybridized carbons (Fsp3) is 0.333. The van der Waals surface area contributed by atoms with Gasteiger partial charge in [0, 0.05) is 30.1 Å². The number of anilines is 1. The second kappa shape index (κ2) is 7.10. The van der Waals surface area contributed by atoms with Crippen LogP contribution >= 0.6 is 11.6 Å². The molecule has 1 aromatic heterocycles. The van der Waals surface area contributed by atoms with Crippen molar-refractivity contribution in [1.82, 2.24) is 4.98 Å². The fourth-order valence-electron chi connectivity index (χ4n) is 2.49. The highest BCUT2D eigenvalue weighted by Crippen LogP contribution is 2.27. The normalized spacial score (nSPS) is 14.7. The van der Waals surface area contributed by atoms with Gasteiger partial charge in [-0.15, -0.1) is 0 Å². The van der Waals surface area contributed by atoms with Crippen molar-refractivity contribution in [1.29, 1.82) is 0 Å². The molecular formula is C15H17ClN2O. The van der Waals surface area contributed by atoms with E-state index in [9.17, 15) is 0 Å². The zero-order valence-electron chi connectivity index (χ0n) is 10.8. The molecule has 2 heterocycles. The number of aromatic nitrogens is 1. The average Bonchev–Trinajstić information content (AvgIpc) is 2.48. The first kappa shape index (κ1) is 13.8. The third-order valence-corrected chi connectivity index (χ3v) is 3.34. The molecule has 19 heavy (non-hydrogen) atoms. The quantitative estimate of drug-likeness (QED) is 0.589. The van der Waals surface area contributed by atoms with E-state index in [1.54, 1.807) is 0 Å². The number of carbonyl (C=O) groups is 1. The van der Waals surface area contributed by atoms with Crippen LogP contribution in [0.1, 0.15) is 19.3 Å². The first-order valence-corrected chi connectivity index (χ1v) is 6.92. The van der Waals surface area contributed by atoms with E-state index in [2.05, 4.69) is 45.8 Å². The Morgan fingerprint density at radius 3 is 2.53 bits per heavy atom. The molecule has 0 spiro atoms. The van der Waals surface area contributed by atoms with Crippen LogP contribution in [0.4, 0.5) is 5.69 Å². The van der Waals surface area contributed by atoms with Crippen LogP contribution in [0.3, 0.4) is 0 Å². The Balaban J connectivity index is 0.000000408. The van der Waals surface area contributed by atoms with E-state index >= 15 is 0 Å². The molecule has 100 valence electrons. The van der Waals surface area contributed by atoms with Crippen molar-refractivity contribution in [2.75, 3.05) is 18.0 Å². The summed E-state index contributed by atoms with van der Waals surface area (Å²) < 4.78 is 0. The fourth-order valence-corrected chi connectivity index (χ4v) is 2.49. The number of rotatable bonds is 1. The molecule has 4 heteroatoms. The van der Waals surface area contributed by atoms with Crippen LogP contribution < -0.4 is 4.90 Å². The van der Waals surface area contributed by atoms with Crippen molar-refractivity contribution in [3.05, 3.63) is 36.7 Å². The molecular weight excluding hydrogens is 260 g/mol. The zero-order valence-corrected chi connectivity index (χ0v) is 11.5. The molecule has 0 amide bonds. The van der Waals surface area contributed by atoms with Gasteiger partial charge in [0.2, 0.25) is 5.75 Å². The zero-order chi connectivity index (χ0) is 13.5. The van der Waals surface area contributed by atoms with Crippen molar-refractivity contribution >= 4 is 33.8 Å². The number of benzene rings is 1. The molecule has 0 radical (unpaired) electrons. The maximum absolute atomic E-state index is 8.57. The summed E-state index contributed by atoms with van der Waals surface area (Å²) in [6.07, 6.45) is 7.94. The van der Waals surface area contributed by atoms with Crippen LogP contribution in [0.15, 0.2) is 36.7 Å². The first-order chi connectivity index (χ1) is 9.36. The second-order valence-corrected chi connectivity index (χ2v) is 4.69. The van der Waals surface area contributed by atoms with Crippen LogP contribution in [0.2, 0.25) is 0 Å². The summed E-state index contributed by atoms with van der Waals surface area (Å²) in [5, 5.41) is 2.57. The molecule has 0 unspecified atom stereocenters. The third-order valence-electron chi connectivity index (χ3n) is 3.34. The molecule has 1 fully saturated rings. The van der Waals surface area contributed by atoms with Gasteiger partial charge in [-0.1, -0.05) is 24.3 Å². The Morgan fingerprint density at radius 2 is 1.79 bits per heavy atom. The average molecular weight is 277 g/mol. The topological polar surface area (TPSA) is 33.2 Å². The summed E-state index contributed by atoms with van der Waals surface area (Å²) in [5.74, 6) is 0.222. The van der Waals surface area contributed by atoms with Crippen LogP contribution in [0.5, 0.6) is 0 Å². The van der Waals surface area contributed by atoms with Crippen molar-refractivity contribution in [2.24, 2.45) is 0 Å². The lowest BCUT2D eigenvalue weighted by molar-refractivity contribution is 0.569. The van der Waals surface area contributed by atoms with Crippen molar-refractivity contribution in [3.63, 3.8) is 0 Å². The molecule has 1 aliphatic rings. The lowest BCUT2D eigenvalue weighted by Crippen LogP contribution is -2.29. The molecule has 0 bridgehead atoms. The summed E-state index contributed by atoms with van der Waals surface area (Å²) >= 11 is 4.32. The predicted molar refractivity (Wildman–Crippen MR) is 80.4 cm³/mol. The van der Waals surface area contributed by atoms with Gasteiger partial charge in [0.1, 0.15) is 0 Å². The molecule has 1 saturated heterocycles. The van der Waals surface area contributed by atoms with E-state index in [0.717, 1.165) is 0 Å². The van der Waals surface area contributed by atoms with Gasteiger partial charge in [-0.25, -0.2) is 0 Å². The van der Waals surface area contributed by atoms with E-state index in [4.69, 9.17) is 4.79 Å². The minimum absolute atomic E-state index is 0.222. The van der Waals surface area contributed by atoms with Gasteiger partial charge in [-0.2, -0.15) is 0 Å². The molecule has 2 aromatic rings. The van der Waals surface area contributed by atoms with Crippen LogP contribution in [0, 0.1) is 0 Å². The Bertz CT molecular complexity index is 533. The molecule has 1 aliphatic heterocycles. The Labute approximate surface area is 118 Å². The molecule has 0 aliphatic carbocycles. The largest absolute Gasteiger partial charge is 0.370 e. The Hall–Kier alpha value is -1.61. The number of carbonyl (C=O) groups excluding carboxylic acids is 1. The summed E-state index contributed by atoms with van der Waals surface area (Å²) in [6, 6.07) is 8.51. The van der Waals surface area contributed by atoms with Gasteiger partial charge in [0.25, 0.3) is 0 Å². The van der Waals surface area contributed by atoms with Crippen molar-refractivity contribution < 1.29 is 4.79 Å². The van der Waals surface area contributed by atoms with Gasteiger partial charge in [-0.3, -0.25) is 9.78 Å². The number of piperidine rings is 1. The highest BCUT2D eigenvalue weighted by molar-refractivity contribution is 6.54. The van der Waals surface area contributed by atoms with Crippen molar-refractivity contribution in [3.8, 4) is 0 Å². The molecule has 3 rings (SSSR count). The van der Waals surface area contributed by atoms with Gasteiger partial charge in [0.05, 0.1) is 11.9 Å². The Kier molecular flexibility index (Phi) is 5.16. The Morgan fingerprint density at radius 1 is 1.11 bits per heavy atom. The van der Waals surface area contributed by atoms with Crippen LogP contribution in [-0.2, 0) is 4.79 Å². The van der Waals surface area contributed by atoms with Gasteiger partial charge in [0.15, 0.2) is 0 Å². The first-order valence-electron chi connectivity index (χ1n) is 6.48. The van der Waals surface area contributed by atoms with E-state index in [-0.39, 0.29) is 5.75 Å². The lowest BCUT2D eigenvalue weighted by atomic mass is 10.1. The summed E-state index contributed by atoms with van der Waals surface area (Å²) in [6.45, 7) is 2.35. The summed E-state index contributed by atoms with van der Waals surface area (Å²) in [7, 11) is 0. The highest BCUT2D eigenvalue weighted by atomic mass is 35.5. The predicted octanol–water partition coefficient (Wildman–Crippen LogP) is 3.64. The summed E-state index contributed by atoms with van der Waals surface area (Å²) in [4.78, 5) is 15.4. The number of hydrogen-bond donors (Lipinski definition) is 0. The number of hydrogen-bond acceptors (Lipinski definition) is 3. The molecule has 1 aromatic carbocycles. The SMILES string of the molecule is O=CCl.c1ccc2c(N3CCCCC3)cncc2c1. The monoisotopic (exact) mass is 276 g/mol. The smallest absolute Gasteiger partial charge is 0.208 e. The standard InChI is InChI=1S/C14H16N2.CHClO/c1-4-8-16(9-5-1)14-11-15-10-12-6-2-3-7-13(12)14;2-1-3/h2-3,6-7,10-11H,1,4-5,8-9H2;1H. The van der Waals surface area contributed by atoms with Gasteiger partial charge >= 0.3 is 0 Å². The minimum atomic E-state index is 0.222. The van der Waals surface area contributed by atoms with E-state index in [1.807, 2.05) is 12.4 Å². The number of halogens is 1. The maximum Gasteiger partial charge on any atom is 0.208 e. The van der Waals surface area contributed by atoms with Crippen LogP contribution in [0.25, 0.3) is 10.8 Å². The van der Waals surface area contributed by atoms with Gasteiger partial charge < -0.3 is 4.90 Å². The second-order valence-electron chi connectivity index (χ2n) is 4.52. The van der Waals surface area contributed by atoms with Gasteiger partial charge in [-0.05, 0) is 30.9 Å². The molecule has 0 N–H and O–H groups in total. The highest BCUT2D eigenvalue weighted by Gasteiger charge is 2.13. The lowest BCUT2D eigenvalue weighted by Gasteiger charge is -2.29. The molecule has 3 nitrogen and oxygen atoms in total. The maximum atomic E-state index is 8.57. The van der Waals surface area contributed by atoms with E-state index in [1.165, 1.54) is 48.8 Å². The van der Waals surface area contributed by atoms with E-state index < -0.39 is 0 Å². The number of pyridine rings is 1. The van der Waals surface area contributed by atoms with Crippen LogP contribution in [-0.4, -0.2) is 23.8 Å². The molecule has 0 saturated carbocycles. The number of nitrogens with zero attached hydrogens (tertiary/aromatic N) is 2. The minimum Gasteiger partial charge on any atom is -0.370 e. The van der Waals surface area contributed by atoms with E-state index in [0.29, 0.717) is 0 Å².